The van der Waals surface area contributed by atoms with Crippen LogP contribution in [-0.2, 0) is 17.9 Å². The zero-order valence-corrected chi connectivity index (χ0v) is 13.6. The molecule has 1 aliphatic heterocycles. The molecule has 0 spiro atoms. The summed E-state index contributed by atoms with van der Waals surface area (Å²) in [5, 5.41) is 12.9. The molecule has 3 rings (SSSR count). The minimum Gasteiger partial charge on any atom is -0.478 e. The summed E-state index contributed by atoms with van der Waals surface area (Å²) in [6.07, 6.45) is 2.19. The maximum atomic E-state index is 11.0. The molecule has 1 N–H and O–H groups in total. The summed E-state index contributed by atoms with van der Waals surface area (Å²) in [5.74, 6) is 0.660. The van der Waals surface area contributed by atoms with Gasteiger partial charge in [-0.2, -0.15) is 4.98 Å². The monoisotopic (exact) mass is 331 g/mol. The second kappa shape index (κ2) is 7.55. The average molecular weight is 331 g/mol. The molecule has 2 aromatic rings. The number of methoxy groups -OCH3 is 1. The topological polar surface area (TPSA) is 88.7 Å². The number of rotatable bonds is 6. The van der Waals surface area contributed by atoms with Crippen LogP contribution < -0.4 is 0 Å². The molecule has 0 amide bonds. The van der Waals surface area contributed by atoms with Crippen molar-refractivity contribution in [3.05, 3.63) is 47.1 Å². The van der Waals surface area contributed by atoms with Gasteiger partial charge in [0.2, 0.25) is 5.89 Å². The van der Waals surface area contributed by atoms with E-state index >= 15 is 0 Å². The van der Waals surface area contributed by atoms with Crippen molar-refractivity contribution in [1.29, 1.82) is 0 Å². The van der Waals surface area contributed by atoms with Crippen LogP contribution in [0, 0.1) is 0 Å². The summed E-state index contributed by atoms with van der Waals surface area (Å²) >= 11 is 0. The molecule has 7 nitrogen and oxygen atoms in total. The highest BCUT2D eigenvalue weighted by Crippen LogP contribution is 2.27. The Hall–Kier alpha value is -2.25. The Balaban J connectivity index is 1.62. The average Bonchev–Trinajstić information content (AvgIpc) is 3.02. The number of hydrogen-bond acceptors (Lipinski definition) is 6. The van der Waals surface area contributed by atoms with Crippen LogP contribution in [0.2, 0.25) is 0 Å². The van der Waals surface area contributed by atoms with Gasteiger partial charge < -0.3 is 14.4 Å². The van der Waals surface area contributed by atoms with Crippen molar-refractivity contribution in [3.8, 4) is 0 Å². The van der Waals surface area contributed by atoms with Gasteiger partial charge in [-0.1, -0.05) is 17.3 Å². The van der Waals surface area contributed by atoms with E-state index in [-0.39, 0.29) is 0 Å². The second-order valence-electron chi connectivity index (χ2n) is 6.04. The quantitative estimate of drug-likeness (QED) is 0.868. The SMILES string of the molecule is COCc1noc(CN2CCCC(c3ccc(C(=O)O)cc3)C2)n1. The van der Waals surface area contributed by atoms with Crippen molar-refractivity contribution in [3.63, 3.8) is 0 Å². The Kier molecular flexibility index (Phi) is 5.22. The van der Waals surface area contributed by atoms with E-state index < -0.39 is 5.97 Å². The molecule has 0 bridgehead atoms. The predicted octanol–water partition coefficient (Wildman–Crippen LogP) is 2.29. The van der Waals surface area contributed by atoms with Crippen molar-refractivity contribution < 1.29 is 19.2 Å². The summed E-state index contributed by atoms with van der Waals surface area (Å²) in [7, 11) is 1.60. The van der Waals surface area contributed by atoms with Crippen LogP contribution in [0.4, 0.5) is 0 Å². The number of aromatic carboxylic acids is 1. The number of carboxylic acid groups (broad SMARTS) is 1. The third-order valence-electron chi connectivity index (χ3n) is 4.28. The molecule has 1 atom stereocenters. The van der Waals surface area contributed by atoms with Gasteiger partial charge in [0.05, 0.1) is 12.1 Å². The molecule has 1 aromatic heterocycles. The van der Waals surface area contributed by atoms with Gasteiger partial charge in [0.1, 0.15) is 6.61 Å². The van der Waals surface area contributed by atoms with Gasteiger partial charge in [0.25, 0.3) is 0 Å². The van der Waals surface area contributed by atoms with Crippen molar-refractivity contribution >= 4 is 5.97 Å². The molecule has 0 radical (unpaired) electrons. The van der Waals surface area contributed by atoms with E-state index in [1.54, 1.807) is 19.2 Å². The minimum atomic E-state index is -0.893. The lowest BCUT2D eigenvalue weighted by Crippen LogP contribution is -2.34. The first-order valence-corrected chi connectivity index (χ1v) is 8.01. The number of likely N-dealkylation sites (tertiary alicyclic amines) is 1. The van der Waals surface area contributed by atoms with E-state index in [0.29, 0.717) is 36.3 Å². The third-order valence-corrected chi connectivity index (χ3v) is 4.28. The highest BCUT2D eigenvalue weighted by atomic mass is 16.5. The minimum absolute atomic E-state index is 0.322. The molecule has 1 aromatic carbocycles. The standard InChI is InChI=1S/C17H21N3O4/c1-23-11-15-18-16(24-19-15)10-20-8-2-3-14(9-20)12-4-6-13(7-5-12)17(21)22/h4-7,14H,2-3,8-11H2,1H3,(H,21,22). The molecule has 1 unspecified atom stereocenters. The normalized spacial score (nSPS) is 18.6. The Morgan fingerprint density at radius 2 is 2.21 bits per heavy atom. The van der Waals surface area contributed by atoms with E-state index in [2.05, 4.69) is 15.0 Å². The van der Waals surface area contributed by atoms with Gasteiger partial charge in [-0.3, -0.25) is 4.90 Å². The van der Waals surface area contributed by atoms with Crippen LogP contribution in [0.3, 0.4) is 0 Å². The first kappa shape index (κ1) is 16.6. The van der Waals surface area contributed by atoms with Gasteiger partial charge in [-0.25, -0.2) is 4.79 Å². The van der Waals surface area contributed by atoms with Crippen LogP contribution in [0.15, 0.2) is 28.8 Å². The van der Waals surface area contributed by atoms with Crippen LogP contribution in [0.1, 0.15) is 46.4 Å². The Morgan fingerprint density at radius 1 is 1.42 bits per heavy atom. The molecule has 1 saturated heterocycles. The molecule has 0 aliphatic carbocycles. The molecule has 1 aliphatic rings. The molecular weight excluding hydrogens is 310 g/mol. The zero-order chi connectivity index (χ0) is 16.9. The number of nitrogens with zero attached hydrogens (tertiary/aromatic N) is 3. The lowest BCUT2D eigenvalue weighted by molar-refractivity contribution is 0.0697. The highest BCUT2D eigenvalue weighted by Gasteiger charge is 2.23. The van der Waals surface area contributed by atoms with Gasteiger partial charge in [0.15, 0.2) is 5.82 Å². The van der Waals surface area contributed by atoms with E-state index in [0.717, 1.165) is 25.9 Å². The first-order chi connectivity index (χ1) is 11.7. The molecule has 1 fully saturated rings. The van der Waals surface area contributed by atoms with E-state index in [9.17, 15) is 4.79 Å². The van der Waals surface area contributed by atoms with E-state index in [1.807, 2.05) is 12.1 Å². The van der Waals surface area contributed by atoms with Crippen LogP contribution in [-0.4, -0.2) is 46.3 Å². The molecule has 0 saturated carbocycles. The number of piperidine rings is 1. The summed E-state index contributed by atoms with van der Waals surface area (Å²) in [4.78, 5) is 17.6. The van der Waals surface area contributed by atoms with Crippen LogP contribution in [0.25, 0.3) is 0 Å². The van der Waals surface area contributed by atoms with Gasteiger partial charge in [-0.15, -0.1) is 0 Å². The smallest absolute Gasteiger partial charge is 0.335 e. The third kappa shape index (κ3) is 3.98. The maximum absolute atomic E-state index is 11.0. The van der Waals surface area contributed by atoms with Crippen molar-refractivity contribution in [2.24, 2.45) is 0 Å². The molecule has 24 heavy (non-hydrogen) atoms. The summed E-state index contributed by atoms with van der Waals surface area (Å²) in [5.41, 5.74) is 1.50. The maximum Gasteiger partial charge on any atom is 0.335 e. The number of hydrogen-bond donors (Lipinski definition) is 1. The Labute approximate surface area is 140 Å². The van der Waals surface area contributed by atoms with Crippen LogP contribution >= 0.6 is 0 Å². The number of aromatic nitrogens is 2. The fraction of sp³-hybridized carbons (Fsp3) is 0.471. The number of ether oxygens (including phenoxy) is 1. The molecule has 2 heterocycles. The Bertz CT molecular complexity index is 683. The molecule has 7 heteroatoms. The lowest BCUT2D eigenvalue weighted by Gasteiger charge is -2.32. The summed E-state index contributed by atoms with van der Waals surface area (Å²) in [6.45, 7) is 2.86. The first-order valence-electron chi connectivity index (χ1n) is 8.01. The summed E-state index contributed by atoms with van der Waals surface area (Å²) in [6, 6.07) is 7.18. The number of carbonyl (C=O) groups is 1. The van der Waals surface area contributed by atoms with E-state index in [1.165, 1.54) is 5.56 Å². The number of benzene rings is 1. The van der Waals surface area contributed by atoms with Crippen molar-refractivity contribution in [2.45, 2.75) is 31.9 Å². The fourth-order valence-electron chi connectivity index (χ4n) is 3.10. The van der Waals surface area contributed by atoms with Gasteiger partial charge >= 0.3 is 5.97 Å². The second-order valence-corrected chi connectivity index (χ2v) is 6.04. The lowest BCUT2D eigenvalue weighted by atomic mass is 9.90. The zero-order valence-electron chi connectivity index (χ0n) is 13.6. The van der Waals surface area contributed by atoms with Crippen molar-refractivity contribution in [2.75, 3.05) is 20.2 Å². The highest BCUT2D eigenvalue weighted by molar-refractivity contribution is 5.87. The molecular formula is C17H21N3O4. The Morgan fingerprint density at radius 3 is 2.92 bits per heavy atom. The molecule has 128 valence electrons. The fourth-order valence-corrected chi connectivity index (χ4v) is 3.10. The largest absolute Gasteiger partial charge is 0.478 e. The van der Waals surface area contributed by atoms with Crippen LogP contribution in [0.5, 0.6) is 0 Å². The number of carboxylic acids is 1. The van der Waals surface area contributed by atoms with Crippen molar-refractivity contribution in [1.82, 2.24) is 15.0 Å². The predicted molar refractivity (Wildman–Crippen MR) is 85.7 cm³/mol. The van der Waals surface area contributed by atoms with Gasteiger partial charge in [0, 0.05) is 13.7 Å². The van der Waals surface area contributed by atoms with E-state index in [4.69, 9.17) is 14.4 Å². The van der Waals surface area contributed by atoms with Gasteiger partial charge in [-0.05, 0) is 43.0 Å². The summed E-state index contributed by atoms with van der Waals surface area (Å²) < 4.78 is 10.2.